The molecular weight excluding hydrogens is 1180 g/mol. The lowest BCUT2D eigenvalue weighted by atomic mass is 10.0. The topological polar surface area (TPSA) is 166 Å². The third-order valence-electron chi connectivity index (χ3n) is 15.8. The van der Waals surface area contributed by atoms with Crippen LogP contribution in [0.25, 0.3) is 21.8 Å². The molecule has 1 saturated heterocycles. The fourth-order valence-corrected chi connectivity index (χ4v) is 13.7. The van der Waals surface area contributed by atoms with E-state index in [1.807, 2.05) is 121 Å². The summed E-state index contributed by atoms with van der Waals surface area (Å²) in [6, 6.07) is 59.6. The lowest BCUT2D eigenvalue weighted by Crippen LogP contribution is -2.42. The smallest absolute Gasteiger partial charge is 0.248 e. The Morgan fingerprint density at radius 2 is 1.15 bits per heavy atom. The number of sulfonamides is 1. The van der Waals surface area contributed by atoms with Crippen molar-refractivity contribution in [1.82, 2.24) is 19.2 Å². The van der Waals surface area contributed by atoms with E-state index in [1.54, 1.807) is 34.6 Å². The molecule has 0 unspecified atom stereocenters. The first-order valence-corrected chi connectivity index (χ1v) is 34.2. The van der Waals surface area contributed by atoms with Crippen LogP contribution in [0.1, 0.15) is 100 Å². The van der Waals surface area contributed by atoms with Gasteiger partial charge in [-0.3, -0.25) is 14.5 Å². The summed E-state index contributed by atoms with van der Waals surface area (Å²) >= 11 is 3.65. The highest BCUT2D eigenvalue weighted by Crippen LogP contribution is 2.42. The zero-order valence-corrected chi connectivity index (χ0v) is 51.9. The van der Waals surface area contributed by atoms with Crippen molar-refractivity contribution in [1.29, 1.82) is 0 Å². The predicted octanol–water partition coefficient (Wildman–Crippen LogP) is 15.6. The van der Waals surface area contributed by atoms with Gasteiger partial charge in [0.2, 0.25) is 21.1 Å². The average Bonchev–Trinajstić information content (AvgIpc) is 3.57. The van der Waals surface area contributed by atoms with Crippen molar-refractivity contribution in [3.05, 3.63) is 242 Å². The van der Waals surface area contributed by atoms with Gasteiger partial charge in [-0.05, 0) is 125 Å². The number of alkyl halides is 1. The summed E-state index contributed by atoms with van der Waals surface area (Å²) < 4.78 is 47.0. The lowest BCUT2D eigenvalue weighted by Gasteiger charge is -2.39. The maximum absolute atomic E-state index is 13.2. The zero-order chi connectivity index (χ0) is 59.3. The molecule has 7 aromatic carbocycles. The maximum atomic E-state index is 13.2. The predicted molar refractivity (Wildman–Crippen MR) is 358 cm³/mol. The second kappa shape index (κ2) is 30.5. The fourth-order valence-electron chi connectivity index (χ4n) is 10.1. The number of hydrogen-bond acceptors (Lipinski definition) is 10. The first-order valence-electron chi connectivity index (χ1n) is 28.7. The molecule has 4 N–H and O–H groups in total. The Labute approximate surface area is 517 Å². The molecule has 9 aromatic rings. The van der Waals surface area contributed by atoms with E-state index < -0.39 is 24.4 Å². The van der Waals surface area contributed by atoms with Gasteiger partial charge in [-0.1, -0.05) is 179 Å². The third-order valence-corrected chi connectivity index (χ3v) is 22.7. The fraction of sp³-hybridized carbons (Fsp3) is 0.314. The van der Waals surface area contributed by atoms with Crippen molar-refractivity contribution in [3.63, 3.8) is 0 Å². The Morgan fingerprint density at radius 1 is 0.628 bits per heavy atom. The van der Waals surface area contributed by atoms with Gasteiger partial charge in [0.15, 0.2) is 8.32 Å². The van der Waals surface area contributed by atoms with Gasteiger partial charge >= 0.3 is 0 Å². The van der Waals surface area contributed by atoms with Crippen LogP contribution in [0.2, 0.25) is 18.1 Å². The minimum Gasteiger partial charge on any atom is -0.487 e. The highest BCUT2D eigenvalue weighted by atomic mass is 79.9. The molecule has 1 aliphatic heterocycles. The molecule has 86 heavy (non-hydrogen) atoms. The van der Waals surface area contributed by atoms with Gasteiger partial charge in [-0.2, -0.15) is 4.31 Å². The van der Waals surface area contributed by atoms with E-state index in [4.69, 9.17) is 13.9 Å². The largest absolute Gasteiger partial charge is 0.487 e. The molecular formula is C70H84BrN5O8SSi. The Hall–Kier alpha value is -7.15. The standard InChI is InChI=1S/C44H46N4O5S.C24H30BrNO3Si.2CH4/c49-41(39-21-23-42(44-40(39)22-24-43(50)46-44)53-32-35-13-6-2-7-14-35)31-47(30-34-11-4-1-5-12-34)28-25-33-17-19-36(20-18-33)45-37-15-10-16-38(29-37)54(51,52)48-26-8-3-9-27-48;1-24(2,3)30(4,5)29-21(15-25)18-11-13-20(23-19(18)12-14-22(27)26-23)28-16-17-9-7-6-8-10-17;;/h1-2,4-7,10-24,29,41,45,49H,3,8-9,25-28,30-32H2,(H,46,50);6-14,21H,15-16H2,1-5H3,(H,26,27);2*1H4/t41-;21-;;/m01../s1. The number of rotatable bonds is 22. The monoisotopic (exact) mass is 1260 g/mol. The summed E-state index contributed by atoms with van der Waals surface area (Å²) in [6.45, 7) is 14.9. The van der Waals surface area contributed by atoms with Crippen molar-refractivity contribution in [2.24, 2.45) is 0 Å². The van der Waals surface area contributed by atoms with Gasteiger partial charge in [-0.15, -0.1) is 0 Å². The van der Waals surface area contributed by atoms with Crippen LogP contribution >= 0.6 is 15.9 Å². The van der Waals surface area contributed by atoms with Crippen LogP contribution in [0.15, 0.2) is 203 Å². The molecule has 0 amide bonds. The molecule has 1 aliphatic rings. The number of halogens is 1. The zero-order valence-electron chi connectivity index (χ0n) is 48.5. The quantitative estimate of drug-likeness (QED) is 0.0379. The van der Waals surface area contributed by atoms with E-state index in [2.05, 4.69) is 100 Å². The molecule has 1 fully saturated rings. The molecule has 0 saturated carbocycles. The number of pyridine rings is 2. The van der Waals surface area contributed by atoms with E-state index in [-0.39, 0.29) is 37.1 Å². The van der Waals surface area contributed by atoms with E-state index in [9.17, 15) is 23.1 Å². The van der Waals surface area contributed by atoms with Crippen LogP contribution in [-0.2, 0) is 40.6 Å². The number of fused-ring (bicyclic) bond motifs is 2. The normalized spacial score (nSPS) is 13.6. The van der Waals surface area contributed by atoms with Crippen LogP contribution in [0, 0.1) is 0 Å². The van der Waals surface area contributed by atoms with Crippen LogP contribution in [-0.4, -0.2) is 72.5 Å². The summed E-state index contributed by atoms with van der Waals surface area (Å²) in [5.41, 5.74) is 8.61. The van der Waals surface area contributed by atoms with Crippen molar-refractivity contribution in [2.75, 3.05) is 36.8 Å². The number of H-pyrrole nitrogens is 2. The Balaban J connectivity index is 0.000000281. The Morgan fingerprint density at radius 3 is 1.69 bits per heavy atom. The molecule has 13 nitrogen and oxygen atoms in total. The number of aromatic nitrogens is 2. The number of ether oxygens (including phenoxy) is 2. The lowest BCUT2D eigenvalue weighted by molar-refractivity contribution is 0.110. The van der Waals surface area contributed by atoms with E-state index >= 15 is 0 Å². The third kappa shape index (κ3) is 17.3. The number of nitrogens with zero attached hydrogens (tertiary/aromatic N) is 2. The van der Waals surface area contributed by atoms with E-state index in [0.29, 0.717) is 78.7 Å². The minimum atomic E-state index is -3.52. The summed E-state index contributed by atoms with van der Waals surface area (Å²) in [5, 5.41) is 17.6. The summed E-state index contributed by atoms with van der Waals surface area (Å²) in [4.78, 5) is 32.9. The number of anilines is 2. The summed E-state index contributed by atoms with van der Waals surface area (Å²) in [7, 11) is -5.50. The second-order valence-corrected chi connectivity index (χ2v) is 30.2. The van der Waals surface area contributed by atoms with Gasteiger partial charge in [0.25, 0.3) is 0 Å². The highest BCUT2D eigenvalue weighted by molar-refractivity contribution is 9.09. The number of hydrogen-bond donors (Lipinski definition) is 4. The van der Waals surface area contributed by atoms with E-state index in [1.165, 1.54) is 6.07 Å². The first kappa shape index (κ1) is 66.4. The summed E-state index contributed by atoms with van der Waals surface area (Å²) in [6.07, 6.45) is 2.68. The van der Waals surface area contributed by atoms with Crippen LogP contribution in [0.4, 0.5) is 11.4 Å². The molecule has 0 aliphatic carbocycles. The molecule has 3 heterocycles. The van der Waals surface area contributed by atoms with Gasteiger partial charge in [0.1, 0.15) is 24.7 Å². The highest BCUT2D eigenvalue weighted by Gasteiger charge is 2.39. The van der Waals surface area contributed by atoms with Crippen LogP contribution in [0.5, 0.6) is 11.5 Å². The molecule has 2 atom stereocenters. The number of piperidine rings is 1. The number of aromatic amines is 2. The Bertz CT molecular complexity index is 3840. The van der Waals surface area contributed by atoms with Crippen molar-refractivity contribution >= 4 is 67.5 Å². The minimum absolute atomic E-state index is 0. The molecule has 10 rings (SSSR count). The van der Waals surface area contributed by atoms with Crippen molar-refractivity contribution < 1.29 is 27.4 Å². The number of benzene rings is 7. The maximum Gasteiger partial charge on any atom is 0.248 e. The van der Waals surface area contributed by atoms with Gasteiger partial charge in [0, 0.05) is 72.3 Å². The molecule has 454 valence electrons. The van der Waals surface area contributed by atoms with Crippen LogP contribution < -0.4 is 25.9 Å². The number of aliphatic hydroxyl groups is 1. The van der Waals surface area contributed by atoms with Crippen LogP contribution in [0.3, 0.4) is 0 Å². The van der Waals surface area contributed by atoms with E-state index in [0.717, 1.165) is 81.2 Å². The molecule has 2 aromatic heterocycles. The molecule has 0 spiro atoms. The number of nitrogens with one attached hydrogen (secondary N) is 3. The first-order chi connectivity index (χ1) is 40.4. The molecule has 16 heteroatoms. The van der Waals surface area contributed by atoms with Crippen molar-refractivity contribution in [2.45, 2.75) is 116 Å². The van der Waals surface area contributed by atoms with Crippen molar-refractivity contribution in [3.8, 4) is 11.5 Å². The van der Waals surface area contributed by atoms with Gasteiger partial charge < -0.3 is 34.3 Å². The second-order valence-electron chi connectivity index (χ2n) is 22.9. The average molecular weight is 1260 g/mol. The molecule has 0 bridgehead atoms. The van der Waals surface area contributed by atoms with Gasteiger partial charge in [-0.25, -0.2) is 8.42 Å². The number of aliphatic hydroxyl groups excluding tert-OH is 1. The Kier molecular flexibility index (Phi) is 23.5. The van der Waals surface area contributed by atoms with Gasteiger partial charge in [0.05, 0.1) is 28.1 Å². The molecule has 0 radical (unpaired) electrons. The summed E-state index contributed by atoms with van der Waals surface area (Å²) in [5.74, 6) is 1.22. The SMILES string of the molecule is C.C.CC(C)(C)[Si](C)(C)O[C@H](CBr)c1ccc(OCc2ccccc2)c2[nH]c(=O)ccc12.O=c1ccc2c([C@@H](O)CN(CCc3ccc(Nc4cccc(S(=O)(=O)N5CCCCC5)c4)cc3)Cc3ccccc3)ccc(OCc3ccccc3)c2[nH]1.